The summed E-state index contributed by atoms with van der Waals surface area (Å²) >= 11 is 0. The maximum Gasteiger partial charge on any atom is 0.277 e. The van der Waals surface area contributed by atoms with Crippen LogP contribution in [0.5, 0.6) is 0 Å². The third kappa shape index (κ3) is 2.91. The lowest BCUT2D eigenvalue weighted by Crippen LogP contribution is -2.25. The molecule has 0 saturated heterocycles. The number of anilines is 2. The monoisotopic (exact) mass is 291 g/mol. The van der Waals surface area contributed by atoms with Gasteiger partial charge in [-0.25, -0.2) is 4.99 Å². The second-order valence-corrected chi connectivity index (χ2v) is 5.17. The summed E-state index contributed by atoms with van der Waals surface area (Å²) in [6, 6.07) is 17.9. The van der Waals surface area contributed by atoms with E-state index in [0.29, 0.717) is 5.70 Å². The topological polar surface area (TPSA) is 44.7 Å². The van der Waals surface area contributed by atoms with Crippen LogP contribution in [-0.2, 0) is 4.79 Å². The van der Waals surface area contributed by atoms with Crippen molar-refractivity contribution in [3.63, 3.8) is 0 Å². The molecule has 1 N–H and O–H groups in total. The van der Waals surface area contributed by atoms with Crippen molar-refractivity contribution < 1.29 is 4.79 Å². The van der Waals surface area contributed by atoms with E-state index in [1.54, 1.807) is 11.9 Å². The predicted octanol–water partition coefficient (Wildman–Crippen LogP) is 3.66. The fraction of sp³-hybridized carbons (Fsp3) is 0.111. The second kappa shape index (κ2) is 5.85. The largest absolute Gasteiger partial charge is 0.356 e. The Balaban J connectivity index is 1.77. The Labute approximate surface area is 129 Å². The third-order valence-electron chi connectivity index (χ3n) is 3.57. The summed E-state index contributed by atoms with van der Waals surface area (Å²) in [4.78, 5) is 17.8. The van der Waals surface area contributed by atoms with E-state index in [1.165, 1.54) is 0 Å². The summed E-state index contributed by atoms with van der Waals surface area (Å²) in [5, 5.41) is 3.32. The first-order chi connectivity index (χ1) is 10.6. The minimum atomic E-state index is -0.0658. The van der Waals surface area contributed by atoms with Crippen LogP contribution in [0.25, 0.3) is 6.08 Å². The number of hydrogen-bond donors (Lipinski definition) is 1. The van der Waals surface area contributed by atoms with Crippen molar-refractivity contribution in [2.75, 3.05) is 12.4 Å². The van der Waals surface area contributed by atoms with Gasteiger partial charge in [-0.2, -0.15) is 0 Å². The van der Waals surface area contributed by atoms with Gasteiger partial charge >= 0.3 is 0 Å². The molecule has 1 aliphatic heterocycles. The molecule has 0 aromatic heterocycles. The van der Waals surface area contributed by atoms with Gasteiger partial charge in [-0.15, -0.1) is 0 Å². The number of benzene rings is 2. The number of aliphatic imine (C=N–C) groups is 1. The van der Waals surface area contributed by atoms with Crippen LogP contribution in [-0.4, -0.2) is 23.7 Å². The fourth-order valence-electron chi connectivity index (χ4n) is 2.22. The van der Waals surface area contributed by atoms with Gasteiger partial charge in [-0.05, 0) is 42.8 Å². The van der Waals surface area contributed by atoms with Crippen LogP contribution in [0.2, 0.25) is 0 Å². The number of rotatable bonds is 3. The summed E-state index contributed by atoms with van der Waals surface area (Å²) < 4.78 is 0. The molecule has 22 heavy (non-hydrogen) atoms. The van der Waals surface area contributed by atoms with Gasteiger partial charge in [-0.3, -0.25) is 9.69 Å². The maximum absolute atomic E-state index is 12.0. The van der Waals surface area contributed by atoms with Gasteiger partial charge in [0.05, 0.1) is 0 Å². The molecule has 2 aromatic rings. The number of para-hydroxylation sites is 1. The zero-order valence-electron chi connectivity index (χ0n) is 12.6. The quantitative estimate of drug-likeness (QED) is 0.877. The second-order valence-electron chi connectivity index (χ2n) is 5.17. The summed E-state index contributed by atoms with van der Waals surface area (Å²) in [7, 11) is 1.73. The molecule has 0 saturated carbocycles. The molecule has 2 aromatic carbocycles. The van der Waals surface area contributed by atoms with E-state index in [4.69, 9.17) is 0 Å². The first-order valence-corrected chi connectivity index (χ1v) is 7.11. The van der Waals surface area contributed by atoms with Crippen LogP contribution in [0.15, 0.2) is 65.3 Å². The van der Waals surface area contributed by atoms with Crippen molar-refractivity contribution >= 4 is 29.2 Å². The standard InChI is InChI=1S/C18H17N3O/c1-13-19-17(18(22)21(13)2)12-14-8-10-16(11-9-14)20-15-6-4-3-5-7-15/h3-12,20H,1-2H3/b17-12-. The molecule has 0 radical (unpaired) electrons. The summed E-state index contributed by atoms with van der Waals surface area (Å²) in [6.45, 7) is 1.83. The van der Waals surface area contributed by atoms with Crippen molar-refractivity contribution in [3.8, 4) is 0 Å². The van der Waals surface area contributed by atoms with Gasteiger partial charge in [-0.1, -0.05) is 30.3 Å². The van der Waals surface area contributed by atoms with Gasteiger partial charge in [0.15, 0.2) is 0 Å². The number of amidine groups is 1. The Kier molecular flexibility index (Phi) is 3.74. The molecule has 0 fully saturated rings. The van der Waals surface area contributed by atoms with Crippen LogP contribution in [0.1, 0.15) is 12.5 Å². The van der Waals surface area contributed by atoms with E-state index in [0.717, 1.165) is 22.8 Å². The van der Waals surface area contributed by atoms with Crippen molar-refractivity contribution in [1.82, 2.24) is 4.90 Å². The highest BCUT2D eigenvalue weighted by Crippen LogP contribution is 2.20. The molecule has 4 nitrogen and oxygen atoms in total. The van der Waals surface area contributed by atoms with Gasteiger partial charge in [0, 0.05) is 18.4 Å². The molecule has 1 amide bonds. The third-order valence-corrected chi connectivity index (χ3v) is 3.57. The fourth-order valence-corrected chi connectivity index (χ4v) is 2.22. The summed E-state index contributed by atoms with van der Waals surface area (Å²) in [5.74, 6) is 0.655. The van der Waals surface area contributed by atoms with Crippen molar-refractivity contribution in [3.05, 3.63) is 65.9 Å². The first kappa shape index (κ1) is 14.1. The summed E-state index contributed by atoms with van der Waals surface area (Å²) in [5.41, 5.74) is 3.47. The van der Waals surface area contributed by atoms with Crippen LogP contribution in [0.4, 0.5) is 11.4 Å². The lowest BCUT2D eigenvalue weighted by Gasteiger charge is -2.07. The molecule has 0 unspecified atom stereocenters. The lowest BCUT2D eigenvalue weighted by atomic mass is 10.1. The van der Waals surface area contributed by atoms with Crippen LogP contribution in [0, 0.1) is 0 Å². The van der Waals surface area contributed by atoms with Crippen molar-refractivity contribution in [2.45, 2.75) is 6.92 Å². The molecule has 0 aliphatic carbocycles. The van der Waals surface area contributed by atoms with E-state index < -0.39 is 0 Å². The Morgan fingerprint density at radius 2 is 1.64 bits per heavy atom. The van der Waals surface area contributed by atoms with Crippen molar-refractivity contribution in [1.29, 1.82) is 0 Å². The van der Waals surface area contributed by atoms with E-state index in [9.17, 15) is 4.79 Å². The SMILES string of the molecule is CC1=N/C(=C\c2ccc(Nc3ccccc3)cc2)C(=O)N1C. The van der Waals surface area contributed by atoms with E-state index >= 15 is 0 Å². The normalized spacial score (nSPS) is 16.1. The molecule has 1 heterocycles. The van der Waals surface area contributed by atoms with Crippen molar-refractivity contribution in [2.24, 2.45) is 4.99 Å². The number of carbonyl (C=O) groups is 1. The Morgan fingerprint density at radius 3 is 2.23 bits per heavy atom. The Morgan fingerprint density at radius 1 is 1.00 bits per heavy atom. The van der Waals surface area contributed by atoms with Gasteiger partial charge < -0.3 is 5.32 Å². The Hall–Kier alpha value is -2.88. The van der Waals surface area contributed by atoms with E-state index in [1.807, 2.05) is 67.6 Å². The Bertz CT molecular complexity index is 746. The first-order valence-electron chi connectivity index (χ1n) is 7.11. The number of nitrogens with one attached hydrogen (secondary N) is 1. The average molecular weight is 291 g/mol. The molecule has 110 valence electrons. The van der Waals surface area contributed by atoms with Gasteiger partial charge in [0.25, 0.3) is 5.91 Å². The number of hydrogen-bond acceptors (Lipinski definition) is 3. The predicted molar refractivity (Wildman–Crippen MR) is 90.0 cm³/mol. The molecular formula is C18H17N3O. The average Bonchev–Trinajstić information content (AvgIpc) is 2.77. The zero-order chi connectivity index (χ0) is 15.5. The highest BCUT2D eigenvalue weighted by atomic mass is 16.2. The van der Waals surface area contributed by atoms with Crippen LogP contribution < -0.4 is 5.32 Å². The molecule has 0 bridgehead atoms. The molecule has 0 atom stereocenters. The number of amides is 1. The van der Waals surface area contributed by atoms with Gasteiger partial charge in [0.1, 0.15) is 11.5 Å². The highest BCUT2D eigenvalue weighted by molar-refractivity contribution is 6.13. The van der Waals surface area contributed by atoms with Crippen LogP contribution >= 0.6 is 0 Å². The molecule has 1 aliphatic rings. The number of nitrogens with zero attached hydrogens (tertiary/aromatic N) is 2. The molecular weight excluding hydrogens is 274 g/mol. The van der Waals surface area contributed by atoms with Gasteiger partial charge in [0.2, 0.25) is 0 Å². The smallest absolute Gasteiger partial charge is 0.277 e. The van der Waals surface area contributed by atoms with E-state index in [-0.39, 0.29) is 5.91 Å². The molecule has 4 heteroatoms. The van der Waals surface area contributed by atoms with E-state index in [2.05, 4.69) is 10.3 Å². The molecule has 3 rings (SSSR count). The minimum absolute atomic E-state index is 0.0658. The minimum Gasteiger partial charge on any atom is -0.356 e. The number of carbonyl (C=O) groups excluding carboxylic acids is 1. The van der Waals surface area contributed by atoms with Crippen LogP contribution in [0.3, 0.4) is 0 Å². The maximum atomic E-state index is 12.0. The zero-order valence-corrected chi connectivity index (χ0v) is 12.6. The summed E-state index contributed by atoms with van der Waals surface area (Å²) in [6.07, 6.45) is 1.81. The number of likely N-dealkylation sites (N-methyl/N-ethyl adjacent to an activating group) is 1. The lowest BCUT2D eigenvalue weighted by molar-refractivity contribution is -0.121. The highest BCUT2D eigenvalue weighted by Gasteiger charge is 2.23. The molecule has 0 spiro atoms.